The maximum atomic E-state index is 12.8. The number of halogens is 3. The smallest absolute Gasteiger partial charge is 0.364 e. The first kappa shape index (κ1) is 17.7. The number of rotatable bonds is 3. The summed E-state index contributed by atoms with van der Waals surface area (Å²) >= 11 is 0. The van der Waals surface area contributed by atoms with E-state index in [1.807, 2.05) is 0 Å². The highest BCUT2D eigenvalue weighted by molar-refractivity contribution is 5.95. The lowest BCUT2D eigenvalue weighted by atomic mass is 10.1. The lowest BCUT2D eigenvalue weighted by molar-refractivity contribution is -0.137. The van der Waals surface area contributed by atoms with E-state index in [-0.39, 0.29) is 6.04 Å². The van der Waals surface area contributed by atoms with Crippen LogP contribution >= 0.6 is 0 Å². The van der Waals surface area contributed by atoms with Gasteiger partial charge >= 0.3 is 6.18 Å². The standard InChI is InChI=1S/C18H18F3N5O/c1-26-8-2-3-13(10-26)23-17-14-9-22-27-16(14)15(24-25-17)11-4-6-12(7-5-11)18(19,20)21/h4-7,9,13H,2-3,8,10H2,1H3,(H,23,25)/t13-/m1/s1. The van der Waals surface area contributed by atoms with Crippen molar-refractivity contribution in [2.75, 3.05) is 25.5 Å². The molecule has 3 aromatic rings. The van der Waals surface area contributed by atoms with Crippen molar-refractivity contribution in [3.63, 3.8) is 0 Å². The Hall–Kier alpha value is -2.68. The average Bonchev–Trinajstić information content (AvgIpc) is 3.12. The highest BCUT2D eigenvalue weighted by Crippen LogP contribution is 2.33. The lowest BCUT2D eigenvalue weighted by Crippen LogP contribution is -2.40. The van der Waals surface area contributed by atoms with Gasteiger partial charge in [-0.15, -0.1) is 10.2 Å². The molecule has 3 heterocycles. The highest BCUT2D eigenvalue weighted by Gasteiger charge is 2.30. The van der Waals surface area contributed by atoms with Crippen LogP contribution in [0, 0.1) is 0 Å². The molecule has 2 aromatic heterocycles. The third kappa shape index (κ3) is 3.59. The molecule has 142 valence electrons. The molecule has 1 aliphatic rings. The molecular formula is C18H18F3N5O. The summed E-state index contributed by atoms with van der Waals surface area (Å²) in [6.07, 6.45) is -0.712. The number of nitrogens with one attached hydrogen (secondary N) is 1. The fourth-order valence-electron chi connectivity index (χ4n) is 3.37. The number of nitrogens with zero attached hydrogens (tertiary/aromatic N) is 4. The minimum absolute atomic E-state index is 0.244. The monoisotopic (exact) mass is 377 g/mol. The molecule has 9 heteroatoms. The van der Waals surface area contributed by atoms with Gasteiger partial charge in [-0.1, -0.05) is 17.3 Å². The molecule has 1 fully saturated rings. The Balaban J connectivity index is 1.65. The fourth-order valence-corrected chi connectivity index (χ4v) is 3.37. The maximum absolute atomic E-state index is 12.8. The van der Waals surface area contributed by atoms with Gasteiger partial charge in [-0.2, -0.15) is 13.2 Å². The number of alkyl halides is 3. The Kier molecular flexibility index (Phi) is 4.47. The first-order valence-electron chi connectivity index (χ1n) is 8.65. The van der Waals surface area contributed by atoms with Crippen molar-refractivity contribution >= 4 is 16.8 Å². The molecule has 0 unspecified atom stereocenters. The van der Waals surface area contributed by atoms with E-state index < -0.39 is 11.7 Å². The molecule has 4 rings (SSSR count). The predicted octanol–water partition coefficient (Wildman–Crippen LogP) is 3.81. The Morgan fingerprint density at radius 3 is 2.67 bits per heavy atom. The predicted molar refractivity (Wildman–Crippen MR) is 94.2 cm³/mol. The SMILES string of the molecule is CN1CCC[C@@H](Nc2nnc(-c3ccc(C(F)(F)F)cc3)c3oncc23)C1. The normalized spacial score (nSPS) is 18.7. The number of fused-ring (bicyclic) bond motifs is 1. The summed E-state index contributed by atoms with van der Waals surface area (Å²) in [4.78, 5) is 2.25. The molecule has 0 saturated carbocycles. The zero-order chi connectivity index (χ0) is 19.0. The van der Waals surface area contributed by atoms with Gasteiger partial charge in [0.2, 0.25) is 0 Å². The van der Waals surface area contributed by atoms with Gasteiger partial charge in [-0.25, -0.2) is 0 Å². The maximum Gasteiger partial charge on any atom is 0.416 e. The molecule has 6 nitrogen and oxygen atoms in total. The first-order valence-corrected chi connectivity index (χ1v) is 8.65. The molecular weight excluding hydrogens is 359 g/mol. The van der Waals surface area contributed by atoms with Crippen molar-refractivity contribution in [2.45, 2.75) is 25.1 Å². The molecule has 1 saturated heterocycles. The van der Waals surface area contributed by atoms with Crippen LogP contribution in [-0.4, -0.2) is 46.4 Å². The van der Waals surface area contributed by atoms with Crippen LogP contribution in [0.15, 0.2) is 35.0 Å². The number of benzene rings is 1. The summed E-state index contributed by atoms with van der Waals surface area (Å²) in [6.45, 7) is 1.97. The fraction of sp³-hybridized carbons (Fsp3) is 0.389. The van der Waals surface area contributed by atoms with E-state index in [4.69, 9.17) is 4.52 Å². The van der Waals surface area contributed by atoms with Gasteiger partial charge < -0.3 is 14.7 Å². The number of hydrogen-bond acceptors (Lipinski definition) is 6. The van der Waals surface area contributed by atoms with E-state index in [1.54, 1.807) is 6.20 Å². The zero-order valence-electron chi connectivity index (χ0n) is 14.6. The van der Waals surface area contributed by atoms with E-state index in [0.717, 1.165) is 38.1 Å². The number of likely N-dealkylation sites (tertiary alicyclic amines) is 1. The third-order valence-corrected chi connectivity index (χ3v) is 4.74. The lowest BCUT2D eigenvalue weighted by Gasteiger charge is -2.30. The molecule has 1 N–H and O–H groups in total. The first-order chi connectivity index (χ1) is 12.9. The van der Waals surface area contributed by atoms with Crippen molar-refractivity contribution < 1.29 is 17.7 Å². The van der Waals surface area contributed by atoms with Gasteiger partial charge in [-0.05, 0) is 38.6 Å². The van der Waals surface area contributed by atoms with E-state index >= 15 is 0 Å². The van der Waals surface area contributed by atoms with Crippen LogP contribution in [0.25, 0.3) is 22.2 Å². The van der Waals surface area contributed by atoms with E-state index in [0.29, 0.717) is 28.0 Å². The van der Waals surface area contributed by atoms with Crippen LogP contribution in [0.4, 0.5) is 19.0 Å². The van der Waals surface area contributed by atoms with E-state index in [1.165, 1.54) is 12.1 Å². The van der Waals surface area contributed by atoms with Crippen LogP contribution in [0.2, 0.25) is 0 Å². The summed E-state index contributed by atoms with van der Waals surface area (Å²) in [5.41, 5.74) is 0.535. The molecule has 0 radical (unpaired) electrons. The molecule has 0 spiro atoms. The van der Waals surface area contributed by atoms with E-state index in [2.05, 4.69) is 32.6 Å². The molecule has 1 aliphatic heterocycles. The quantitative estimate of drug-likeness (QED) is 0.749. The van der Waals surface area contributed by atoms with Gasteiger partial charge in [-0.3, -0.25) is 0 Å². The van der Waals surface area contributed by atoms with Gasteiger partial charge in [0.05, 0.1) is 17.1 Å². The second kappa shape index (κ2) is 6.80. The van der Waals surface area contributed by atoms with Crippen LogP contribution in [0.5, 0.6) is 0 Å². The number of piperidine rings is 1. The topological polar surface area (TPSA) is 67.1 Å². The van der Waals surface area contributed by atoms with Crippen molar-refractivity contribution in [1.29, 1.82) is 0 Å². The minimum atomic E-state index is -4.38. The molecule has 0 amide bonds. The summed E-state index contributed by atoms with van der Waals surface area (Å²) in [5.74, 6) is 0.571. The average molecular weight is 377 g/mol. The van der Waals surface area contributed by atoms with Crippen LogP contribution < -0.4 is 5.32 Å². The molecule has 27 heavy (non-hydrogen) atoms. The third-order valence-electron chi connectivity index (χ3n) is 4.74. The second-order valence-corrected chi connectivity index (χ2v) is 6.79. The van der Waals surface area contributed by atoms with Crippen LogP contribution in [0.1, 0.15) is 18.4 Å². The van der Waals surface area contributed by atoms with Crippen molar-refractivity contribution in [3.8, 4) is 11.3 Å². The summed E-state index contributed by atoms with van der Waals surface area (Å²) in [5, 5.41) is 16.3. The number of aromatic nitrogens is 3. The van der Waals surface area contributed by atoms with Crippen LogP contribution in [-0.2, 0) is 6.18 Å². The summed E-state index contributed by atoms with van der Waals surface area (Å²) < 4.78 is 43.6. The van der Waals surface area contributed by atoms with Crippen molar-refractivity contribution in [1.82, 2.24) is 20.3 Å². The van der Waals surface area contributed by atoms with Gasteiger partial charge in [0.1, 0.15) is 5.69 Å². The number of anilines is 1. The second-order valence-electron chi connectivity index (χ2n) is 6.79. The molecule has 0 bridgehead atoms. The number of hydrogen-bond donors (Lipinski definition) is 1. The zero-order valence-corrected chi connectivity index (χ0v) is 14.6. The van der Waals surface area contributed by atoms with Crippen LogP contribution in [0.3, 0.4) is 0 Å². The number of likely N-dealkylation sites (N-methyl/N-ethyl adjacent to an activating group) is 1. The molecule has 1 atom stereocenters. The van der Waals surface area contributed by atoms with Gasteiger partial charge in [0, 0.05) is 18.2 Å². The Bertz CT molecular complexity index is 938. The summed E-state index contributed by atoms with van der Waals surface area (Å²) in [7, 11) is 2.07. The Morgan fingerprint density at radius 1 is 1.19 bits per heavy atom. The largest absolute Gasteiger partial charge is 0.416 e. The molecule has 1 aromatic carbocycles. The van der Waals surface area contributed by atoms with Crippen molar-refractivity contribution in [3.05, 3.63) is 36.0 Å². The van der Waals surface area contributed by atoms with Gasteiger partial charge in [0.25, 0.3) is 0 Å². The summed E-state index contributed by atoms with van der Waals surface area (Å²) in [6, 6.07) is 5.00. The minimum Gasteiger partial charge on any atom is -0.364 e. The highest BCUT2D eigenvalue weighted by atomic mass is 19.4. The van der Waals surface area contributed by atoms with Crippen molar-refractivity contribution in [2.24, 2.45) is 0 Å². The molecule has 0 aliphatic carbocycles. The van der Waals surface area contributed by atoms with E-state index in [9.17, 15) is 13.2 Å². The Labute approximate surface area is 153 Å². The Morgan fingerprint density at radius 2 is 1.96 bits per heavy atom. The van der Waals surface area contributed by atoms with Gasteiger partial charge in [0.15, 0.2) is 11.4 Å².